The Balaban J connectivity index is 1.81. The first-order chi connectivity index (χ1) is 10.2. The van der Waals surface area contributed by atoms with E-state index in [-0.39, 0.29) is 0 Å². The Morgan fingerprint density at radius 1 is 1.29 bits per heavy atom. The van der Waals surface area contributed by atoms with E-state index < -0.39 is 0 Å². The van der Waals surface area contributed by atoms with Crippen molar-refractivity contribution >= 4 is 0 Å². The summed E-state index contributed by atoms with van der Waals surface area (Å²) >= 11 is 0. The first-order valence-corrected chi connectivity index (χ1v) is 8.32. The number of ether oxygens (including phenoxy) is 1. The van der Waals surface area contributed by atoms with Crippen LogP contribution >= 0.6 is 0 Å². The fraction of sp³-hybridized carbons (Fsp3) is 0.667. The van der Waals surface area contributed by atoms with Crippen LogP contribution in [0.3, 0.4) is 0 Å². The van der Waals surface area contributed by atoms with Crippen molar-refractivity contribution in [3.8, 4) is 5.75 Å². The smallest absolute Gasteiger partial charge is 0.123 e. The quantitative estimate of drug-likeness (QED) is 0.834. The molecule has 118 valence electrons. The molecule has 3 nitrogen and oxygen atoms in total. The van der Waals surface area contributed by atoms with E-state index in [1.54, 1.807) is 7.11 Å². The topological polar surface area (TPSA) is 24.5 Å². The zero-order valence-corrected chi connectivity index (χ0v) is 13.8. The van der Waals surface area contributed by atoms with Gasteiger partial charge in [-0.1, -0.05) is 25.1 Å². The Morgan fingerprint density at radius 3 is 2.67 bits per heavy atom. The predicted octanol–water partition coefficient (Wildman–Crippen LogP) is 3.30. The van der Waals surface area contributed by atoms with Crippen LogP contribution in [0.1, 0.15) is 38.7 Å². The molecule has 0 aliphatic carbocycles. The molecule has 1 unspecified atom stereocenters. The number of nitrogens with zero attached hydrogens (tertiary/aromatic N) is 1. The lowest BCUT2D eigenvalue weighted by atomic mass is 9.90. The highest BCUT2D eigenvalue weighted by Gasteiger charge is 2.23. The number of benzene rings is 1. The summed E-state index contributed by atoms with van der Waals surface area (Å²) in [6, 6.07) is 9.02. The summed E-state index contributed by atoms with van der Waals surface area (Å²) in [6.07, 6.45) is 3.82. The maximum absolute atomic E-state index is 5.45. The molecular formula is C18H30N2O. The highest BCUT2D eigenvalue weighted by molar-refractivity contribution is 5.33. The zero-order chi connectivity index (χ0) is 15.1. The molecule has 1 aliphatic heterocycles. The molecule has 0 aromatic heterocycles. The van der Waals surface area contributed by atoms with E-state index in [4.69, 9.17) is 4.74 Å². The van der Waals surface area contributed by atoms with Crippen LogP contribution in [0.2, 0.25) is 0 Å². The van der Waals surface area contributed by atoms with Gasteiger partial charge < -0.3 is 10.1 Å². The lowest BCUT2D eigenvalue weighted by Crippen LogP contribution is -2.41. The van der Waals surface area contributed by atoms with Crippen molar-refractivity contribution in [1.29, 1.82) is 0 Å². The molecule has 21 heavy (non-hydrogen) atoms. The van der Waals surface area contributed by atoms with Crippen LogP contribution in [0.15, 0.2) is 24.3 Å². The minimum atomic E-state index is 0.651. The number of nitrogens with one attached hydrogen (secondary N) is 1. The molecule has 1 N–H and O–H groups in total. The molecule has 1 aromatic rings. The van der Waals surface area contributed by atoms with Crippen molar-refractivity contribution in [3.05, 3.63) is 29.8 Å². The van der Waals surface area contributed by atoms with Gasteiger partial charge >= 0.3 is 0 Å². The number of likely N-dealkylation sites (tertiary alicyclic amines) is 1. The minimum Gasteiger partial charge on any atom is -0.496 e. The van der Waals surface area contributed by atoms with Crippen molar-refractivity contribution in [2.24, 2.45) is 5.92 Å². The van der Waals surface area contributed by atoms with Gasteiger partial charge in [-0.25, -0.2) is 0 Å². The van der Waals surface area contributed by atoms with Crippen molar-refractivity contribution in [2.75, 3.05) is 26.7 Å². The monoisotopic (exact) mass is 290 g/mol. The molecule has 1 saturated heterocycles. The fourth-order valence-corrected chi connectivity index (χ4v) is 3.22. The highest BCUT2D eigenvalue weighted by Crippen LogP contribution is 2.24. The van der Waals surface area contributed by atoms with Crippen LogP contribution < -0.4 is 10.1 Å². The Morgan fingerprint density at radius 2 is 2.00 bits per heavy atom. The van der Waals surface area contributed by atoms with Gasteiger partial charge in [-0.3, -0.25) is 4.90 Å². The third-order valence-corrected chi connectivity index (χ3v) is 4.64. The van der Waals surface area contributed by atoms with E-state index in [0.29, 0.717) is 6.04 Å². The molecular weight excluding hydrogens is 260 g/mol. The summed E-state index contributed by atoms with van der Waals surface area (Å²) in [5.41, 5.74) is 1.30. The molecule has 0 saturated carbocycles. The van der Waals surface area contributed by atoms with Crippen LogP contribution in [0.4, 0.5) is 0 Å². The standard InChI is InChI=1S/C18H30N2O/c1-4-11-19-15(2)16-9-12-20(13-10-16)14-17-7-5-6-8-18(17)21-3/h5-8,15-16,19H,4,9-14H2,1-3H3. The molecule has 1 aliphatic rings. The van der Waals surface area contributed by atoms with Crippen LogP contribution in [-0.2, 0) is 6.54 Å². The number of hydrogen-bond donors (Lipinski definition) is 1. The summed E-state index contributed by atoms with van der Waals surface area (Å²) in [6.45, 7) is 9.11. The first kappa shape index (κ1) is 16.3. The summed E-state index contributed by atoms with van der Waals surface area (Å²) in [5.74, 6) is 1.84. The van der Waals surface area contributed by atoms with Gasteiger partial charge in [0.15, 0.2) is 0 Å². The Bertz CT molecular complexity index is 413. The molecule has 1 atom stereocenters. The molecule has 1 fully saturated rings. The Labute approximate surface area is 129 Å². The average Bonchev–Trinajstić information content (AvgIpc) is 2.54. The SMILES string of the molecule is CCCNC(C)C1CCN(Cc2ccccc2OC)CC1. The second-order valence-corrected chi connectivity index (χ2v) is 6.17. The van der Waals surface area contributed by atoms with E-state index >= 15 is 0 Å². The van der Waals surface area contributed by atoms with Crippen LogP contribution in [0, 0.1) is 5.92 Å². The molecule has 3 heteroatoms. The van der Waals surface area contributed by atoms with E-state index in [2.05, 4.69) is 42.3 Å². The maximum atomic E-state index is 5.45. The minimum absolute atomic E-state index is 0.651. The van der Waals surface area contributed by atoms with E-state index in [9.17, 15) is 0 Å². The van der Waals surface area contributed by atoms with Crippen molar-refractivity contribution in [1.82, 2.24) is 10.2 Å². The van der Waals surface area contributed by atoms with E-state index in [1.165, 1.54) is 37.9 Å². The lowest BCUT2D eigenvalue weighted by Gasteiger charge is -2.35. The fourth-order valence-electron chi connectivity index (χ4n) is 3.22. The van der Waals surface area contributed by atoms with Gasteiger partial charge in [0.2, 0.25) is 0 Å². The predicted molar refractivity (Wildman–Crippen MR) is 88.8 cm³/mol. The van der Waals surface area contributed by atoms with Gasteiger partial charge in [-0.05, 0) is 57.8 Å². The number of piperidine rings is 1. The largest absolute Gasteiger partial charge is 0.496 e. The van der Waals surface area contributed by atoms with Crippen LogP contribution in [0.5, 0.6) is 5.75 Å². The Kier molecular flexibility index (Phi) is 6.52. The zero-order valence-electron chi connectivity index (χ0n) is 13.8. The van der Waals surface area contributed by atoms with Gasteiger partial charge in [0, 0.05) is 18.2 Å². The number of rotatable bonds is 7. The van der Waals surface area contributed by atoms with Crippen molar-refractivity contribution < 1.29 is 4.74 Å². The first-order valence-electron chi connectivity index (χ1n) is 8.32. The van der Waals surface area contributed by atoms with Gasteiger partial charge in [0.05, 0.1) is 7.11 Å². The normalized spacial score (nSPS) is 18.6. The number of hydrogen-bond acceptors (Lipinski definition) is 3. The van der Waals surface area contributed by atoms with Crippen LogP contribution in [-0.4, -0.2) is 37.7 Å². The van der Waals surface area contributed by atoms with Crippen molar-refractivity contribution in [3.63, 3.8) is 0 Å². The molecule has 0 spiro atoms. The average molecular weight is 290 g/mol. The molecule has 0 bridgehead atoms. The molecule has 0 amide bonds. The van der Waals surface area contributed by atoms with Gasteiger partial charge in [0.25, 0.3) is 0 Å². The summed E-state index contributed by atoms with van der Waals surface area (Å²) < 4.78 is 5.45. The third kappa shape index (κ3) is 4.72. The Hall–Kier alpha value is -1.06. The number of para-hydroxylation sites is 1. The second-order valence-electron chi connectivity index (χ2n) is 6.17. The molecule has 1 aromatic carbocycles. The summed E-state index contributed by atoms with van der Waals surface area (Å²) in [7, 11) is 1.76. The van der Waals surface area contributed by atoms with Gasteiger partial charge in [0.1, 0.15) is 5.75 Å². The molecule has 0 radical (unpaired) electrons. The number of methoxy groups -OCH3 is 1. The maximum Gasteiger partial charge on any atom is 0.123 e. The third-order valence-electron chi connectivity index (χ3n) is 4.64. The van der Waals surface area contributed by atoms with E-state index in [1.807, 2.05) is 6.07 Å². The molecule has 2 rings (SSSR count). The van der Waals surface area contributed by atoms with Gasteiger partial charge in [-0.15, -0.1) is 0 Å². The summed E-state index contributed by atoms with van der Waals surface area (Å²) in [5, 5.41) is 3.65. The summed E-state index contributed by atoms with van der Waals surface area (Å²) in [4.78, 5) is 2.56. The highest BCUT2D eigenvalue weighted by atomic mass is 16.5. The lowest BCUT2D eigenvalue weighted by molar-refractivity contribution is 0.155. The van der Waals surface area contributed by atoms with Crippen LogP contribution in [0.25, 0.3) is 0 Å². The second kappa shape index (κ2) is 8.40. The molecule has 1 heterocycles. The van der Waals surface area contributed by atoms with E-state index in [0.717, 1.165) is 24.8 Å². The van der Waals surface area contributed by atoms with Gasteiger partial charge in [-0.2, -0.15) is 0 Å². The van der Waals surface area contributed by atoms with Crippen molar-refractivity contribution in [2.45, 2.75) is 45.7 Å².